The van der Waals surface area contributed by atoms with Crippen LogP contribution in [0.15, 0.2) is 26.0 Å². The Labute approximate surface area is 165 Å². The Morgan fingerprint density at radius 3 is 2.48 bits per heavy atom. The molecule has 1 aliphatic heterocycles. The van der Waals surface area contributed by atoms with Gasteiger partial charge in [-0.25, -0.2) is 4.79 Å². The lowest BCUT2D eigenvalue weighted by molar-refractivity contribution is -0.139. The van der Waals surface area contributed by atoms with Gasteiger partial charge < -0.3 is 9.84 Å². The van der Waals surface area contributed by atoms with E-state index in [9.17, 15) is 14.4 Å². The minimum atomic E-state index is -1.08. The van der Waals surface area contributed by atoms with Gasteiger partial charge in [0.25, 0.3) is 11.1 Å². The smallest absolute Gasteiger partial charge is 0.341 e. The molecule has 1 atom stereocenters. The van der Waals surface area contributed by atoms with Gasteiger partial charge in [-0.2, -0.15) is 0 Å². The molecule has 9 heteroatoms. The molecule has 1 saturated heterocycles. The fourth-order valence-corrected chi connectivity index (χ4v) is 4.51. The van der Waals surface area contributed by atoms with Crippen molar-refractivity contribution in [3.63, 3.8) is 0 Å². The summed E-state index contributed by atoms with van der Waals surface area (Å²) in [6.45, 7) is 3.28. The van der Waals surface area contributed by atoms with Gasteiger partial charge in [0.1, 0.15) is 5.75 Å². The van der Waals surface area contributed by atoms with Crippen LogP contribution in [0.25, 0.3) is 6.08 Å². The lowest BCUT2D eigenvalue weighted by Crippen LogP contribution is -2.36. The van der Waals surface area contributed by atoms with Gasteiger partial charge >= 0.3 is 5.97 Å². The van der Waals surface area contributed by atoms with Gasteiger partial charge in [0.05, 0.1) is 13.9 Å². The molecule has 134 valence electrons. The molecule has 1 fully saturated rings. The van der Waals surface area contributed by atoms with Crippen LogP contribution in [-0.4, -0.2) is 39.8 Å². The van der Waals surface area contributed by atoms with Crippen LogP contribution in [0, 0.1) is 0 Å². The van der Waals surface area contributed by atoms with Crippen LogP contribution in [0.4, 0.5) is 4.79 Å². The fraction of sp³-hybridized carbons (Fsp3) is 0.312. The first-order valence-electron chi connectivity index (χ1n) is 7.35. The van der Waals surface area contributed by atoms with Gasteiger partial charge in [-0.3, -0.25) is 14.5 Å². The third-order valence-corrected chi connectivity index (χ3v) is 5.58. The van der Waals surface area contributed by atoms with Gasteiger partial charge in [-0.1, -0.05) is 6.92 Å². The summed E-state index contributed by atoms with van der Waals surface area (Å²) in [6.07, 6.45) is 2.32. The maximum absolute atomic E-state index is 12.4. The second-order valence-electron chi connectivity index (χ2n) is 5.31. The number of ether oxygens (including phenoxy) is 1. The number of rotatable bonds is 6. The number of nitrogens with zero attached hydrogens (tertiary/aromatic N) is 1. The van der Waals surface area contributed by atoms with E-state index in [-0.39, 0.29) is 17.2 Å². The second kappa shape index (κ2) is 8.37. The Morgan fingerprint density at radius 2 is 1.96 bits per heavy atom. The molecule has 1 aliphatic rings. The number of hydrogen-bond donors (Lipinski definition) is 1. The molecule has 0 unspecified atom stereocenters. The number of thioether (sulfide) groups is 1. The van der Waals surface area contributed by atoms with Crippen molar-refractivity contribution in [3.8, 4) is 5.75 Å². The van der Waals surface area contributed by atoms with E-state index >= 15 is 0 Å². The molecule has 0 bridgehead atoms. The van der Waals surface area contributed by atoms with Gasteiger partial charge in [0.15, 0.2) is 6.61 Å². The van der Waals surface area contributed by atoms with Crippen LogP contribution in [0.1, 0.15) is 25.8 Å². The lowest BCUT2D eigenvalue weighted by Gasteiger charge is -2.19. The normalized spacial score (nSPS) is 17.3. The molecule has 1 aromatic rings. The molecule has 0 aromatic heterocycles. The molecule has 0 aliphatic carbocycles. The molecule has 0 saturated carbocycles. The summed E-state index contributed by atoms with van der Waals surface area (Å²) in [5, 5.41) is 8.43. The molecule has 1 aromatic carbocycles. The summed E-state index contributed by atoms with van der Waals surface area (Å²) in [4.78, 5) is 36.7. The Bertz CT molecular complexity index is 742. The van der Waals surface area contributed by atoms with Crippen LogP contribution in [0.2, 0.25) is 0 Å². The number of carbonyl (C=O) groups excluding carboxylic acids is 2. The molecule has 1 N–H and O–H groups in total. The number of hydrogen-bond acceptors (Lipinski definition) is 5. The monoisotopic (exact) mass is 491 g/mol. The van der Waals surface area contributed by atoms with Gasteiger partial charge in [0, 0.05) is 6.04 Å². The average Bonchev–Trinajstić information content (AvgIpc) is 2.79. The van der Waals surface area contributed by atoms with E-state index in [0.717, 1.165) is 11.8 Å². The van der Waals surface area contributed by atoms with Gasteiger partial charge in [-0.15, -0.1) is 0 Å². The number of benzene rings is 1. The molecule has 2 rings (SSSR count). The summed E-state index contributed by atoms with van der Waals surface area (Å²) in [5.41, 5.74) is 0.677. The highest BCUT2D eigenvalue weighted by Gasteiger charge is 2.37. The molecule has 0 radical (unpaired) electrons. The summed E-state index contributed by atoms with van der Waals surface area (Å²) < 4.78 is 6.28. The number of imide groups is 1. The number of carbonyl (C=O) groups is 3. The minimum absolute atomic E-state index is 0.149. The first-order valence-corrected chi connectivity index (χ1v) is 9.75. The van der Waals surface area contributed by atoms with Crippen LogP contribution in [0.3, 0.4) is 0 Å². The minimum Gasteiger partial charge on any atom is -0.480 e. The fourth-order valence-electron chi connectivity index (χ4n) is 2.13. The van der Waals surface area contributed by atoms with Crippen LogP contribution >= 0.6 is 43.6 Å². The summed E-state index contributed by atoms with van der Waals surface area (Å²) >= 11 is 7.56. The largest absolute Gasteiger partial charge is 0.480 e. The zero-order valence-electron chi connectivity index (χ0n) is 13.4. The summed E-state index contributed by atoms with van der Waals surface area (Å²) in [6, 6.07) is 3.24. The molecule has 0 spiro atoms. The average molecular weight is 493 g/mol. The third kappa shape index (κ3) is 4.65. The van der Waals surface area contributed by atoms with E-state index < -0.39 is 12.6 Å². The van der Waals surface area contributed by atoms with Crippen molar-refractivity contribution in [2.24, 2.45) is 0 Å². The predicted molar refractivity (Wildman–Crippen MR) is 103 cm³/mol. The Kier molecular flexibility index (Phi) is 6.70. The van der Waals surface area contributed by atoms with Crippen molar-refractivity contribution in [1.82, 2.24) is 4.90 Å². The standard InChI is InChI=1S/C16H15Br2NO5S/c1-3-8(2)19-15(22)12(25-16(19)23)6-9-4-10(17)14(11(18)5-9)24-7-13(20)21/h4-6,8H,3,7H2,1-2H3,(H,20,21)/b12-6+/t8-/m1/s1. The summed E-state index contributed by atoms with van der Waals surface area (Å²) in [7, 11) is 0. The molecule has 25 heavy (non-hydrogen) atoms. The van der Waals surface area contributed by atoms with E-state index in [0.29, 0.717) is 31.6 Å². The Morgan fingerprint density at radius 1 is 1.36 bits per heavy atom. The highest BCUT2D eigenvalue weighted by Crippen LogP contribution is 2.38. The lowest BCUT2D eigenvalue weighted by atomic mass is 10.2. The van der Waals surface area contributed by atoms with E-state index in [1.807, 2.05) is 13.8 Å². The van der Waals surface area contributed by atoms with Crippen molar-refractivity contribution in [2.75, 3.05) is 6.61 Å². The zero-order valence-corrected chi connectivity index (χ0v) is 17.4. The van der Waals surface area contributed by atoms with E-state index in [4.69, 9.17) is 9.84 Å². The van der Waals surface area contributed by atoms with Crippen molar-refractivity contribution in [3.05, 3.63) is 31.5 Å². The van der Waals surface area contributed by atoms with E-state index in [2.05, 4.69) is 31.9 Å². The first-order chi connectivity index (χ1) is 11.7. The number of aliphatic carboxylic acids is 1. The van der Waals surface area contributed by atoms with Crippen molar-refractivity contribution in [1.29, 1.82) is 0 Å². The zero-order chi connectivity index (χ0) is 18.7. The number of amides is 2. The van der Waals surface area contributed by atoms with Gasteiger partial charge in [-0.05, 0) is 80.7 Å². The number of carboxylic acid groups (broad SMARTS) is 1. The van der Waals surface area contributed by atoms with E-state index in [1.165, 1.54) is 4.90 Å². The topological polar surface area (TPSA) is 83.9 Å². The molecular formula is C16H15Br2NO5S. The maximum atomic E-state index is 12.4. The molecule has 6 nitrogen and oxygen atoms in total. The highest BCUT2D eigenvalue weighted by molar-refractivity contribution is 9.11. The SMILES string of the molecule is CC[C@@H](C)N1C(=O)S/C(=C/c2cc(Br)c(OCC(=O)O)c(Br)c2)C1=O. The maximum Gasteiger partial charge on any atom is 0.341 e. The van der Waals surface area contributed by atoms with Crippen molar-refractivity contribution in [2.45, 2.75) is 26.3 Å². The Balaban J connectivity index is 2.28. The molecule has 1 heterocycles. The van der Waals surface area contributed by atoms with Crippen molar-refractivity contribution >= 4 is 66.8 Å². The number of halogens is 2. The number of carboxylic acids is 1. The molecular weight excluding hydrogens is 478 g/mol. The van der Waals surface area contributed by atoms with E-state index in [1.54, 1.807) is 18.2 Å². The quantitative estimate of drug-likeness (QED) is 0.588. The van der Waals surface area contributed by atoms with Gasteiger partial charge in [0.2, 0.25) is 0 Å². The van der Waals surface area contributed by atoms with Crippen LogP contribution < -0.4 is 4.74 Å². The van der Waals surface area contributed by atoms with Crippen LogP contribution in [-0.2, 0) is 9.59 Å². The predicted octanol–water partition coefficient (Wildman–Crippen LogP) is 4.51. The molecule has 2 amide bonds. The second-order valence-corrected chi connectivity index (χ2v) is 8.01. The summed E-state index contributed by atoms with van der Waals surface area (Å²) in [5.74, 6) is -1.03. The Hall–Kier alpha value is -1.32. The third-order valence-electron chi connectivity index (χ3n) is 3.51. The van der Waals surface area contributed by atoms with Crippen molar-refractivity contribution < 1.29 is 24.2 Å². The first kappa shape index (κ1) is 20.0. The van der Waals surface area contributed by atoms with Crippen LogP contribution in [0.5, 0.6) is 5.75 Å². The highest BCUT2D eigenvalue weighted by atomic mass is 79.9.